The Hall–Kier alpha value is -5.44. The van der Waals surface area contributed by atoms with E-state index in [1.165, 1.54) is 49.6 Å². The van der Waals surface area contributed by atoms with Crippen LogP contribution in [0.4, 0.5) is 0 Å². The summed E-state index contributed by atoms with van der Waals surface area (Å²) in [5.74, 6) is -6.45. The molecule has 4 aromatic carbocycles. The number of esters is 2. The van der Waals surface area contributed by atoms with E-state index < -0.39 is 57.4 Å². The molecular weight excluding hydrogens is 576 g/mol. The van der Waals surface area contributed by atoms with Crippen LogP contribution in [0.25, 0.3) is 0 Å². The van der Waals surface area contributed by atoms with Crippen LogP contribution in [-0.4, -0.2) is 47.4 Å². The maximum absolute atomic E-state index is 14.2. The first kappa shape index (κ1) is 32.5. The van der Waals surface area contributed by atoms with Gasteiger partial charge in [0.05, 0.1) is 36.0 Å². The normalized spacial score (nSPS) is 10.6. The lowest BCUT2D eigenvalue weighted by Gasteiger charge is -2.20. The lowest BCUT2D eigenvalue weighted by molar-refractivity contribution is 0.0489. The molecule has 0 aliphatic rings. The van der Waals surface area contributed by atoms with Crippen molar-refractivity contribution in [2.75, 3.05) is 13.7 Å². The Bertz CT molecular complexity index is 1680. The number of phenolic OH excluding ortho intramolecular Hbond substituents is 2. The van der Waals surface area contributed by atoms with Gasteiger partial charge in [-0.1, -0.05) is 93.3 Å². The zero-order chi connectivity index (χ0) is 32.3. The number of rotatable bonds is 14. The predicted molar refractivity (Wildman–Crippen MR) is 167 cm³/mol. The van der Waals surface area contributed by atoms with E-state index in [2.05, 4.69) is 6.92 Å². The van der Waals surface area contributed by atoms with Crippen molar-refractivity contribution in [2.24, 2.45) is 0 Å². The van der Waals surface area contributed by atoms with Crippen molar-refractivity contribution in [3.8, 4) is 23.0 Å². The number of hydrogen-bond donors (Lipinski definition) is 2. The lowest BCUT2D eigenvalue weighted by Crippen LogP contribution is -2.22. The highest BCUT2D eigenvalue weighted by atomic mass is 16.5. The summed E-state index contributed by atoms with van der Waals surface area (Å²) < 4.78 is 16.3. The molecule has 45 heavy (non-hydrogen) atoms. The fraction of sp³-hybridized carbons (Fsp3) is 0.222. The predicted octanol–water partition coefficient (Wildman–Crippen LogP) is 6.91. The third-order valence-electron chi connectivity index (χ3n) is 7.11. The van der Waals surface area contributed by atoms with Crippen LogP contribution in [0.15, 0.2) is 84.9 Å². The SMILES string of the molecule is CCCCCCCOC(=O)c1c(C(=O)c2ccccc2)c(O)c(O)c(OC(=O)c2ccccc2)c1C(=O)c1cccc(OC)c1. The molecule has 0 spiro atoms. The standard InChI is InChI=1S/C36H34O9/c1-3-4-5-6-13-21-44-36(42)27-28(30(37)23-15-9-7-10-16-23)32(39)33(40)34(45-35(41)24-17-11-8-12-18-24)29(27)31(38)25-19-14-20-26(22-25)43-2/h7-12,14-20,22,39-40H,3-6,13,21H2,1-2H3. The highest BCUT2D eigenvalue weighted by Gasteiger charge is 2.37. The summed E-state index contributed by atoms with van der Waals surface area (Å²) in [5.41, 5.74) is -1.82. The van der Waals surface area contributed by atoms with Gasteiger partial charge >= 0.3 is 11.9 Å². The molecule has 9 heteroatoms. The first-order valence-corrected chi connectivity index (χ1v) is 14.6. The third kappa shape index (κ3) is 7.56. The molecule has 4 rings (SSSR count). The number of phenols is 2. The van der Waals surface area contributed by atoms with Crippen LogP contribution < -0.4 is 9.47 Å². The molecule has 0 saturated carbocycles. The summed E-state index contributed by atoms with van der Waals surface area (Å²) in [6, 6.07) is 21.4. The Morgan fingerprint density at radius 2 is 1.22 bits per heavy atom. The summed E-state index contributed by atoms with van der Waals surface area (Å²) >= 11 is 0. The number of methoxy groups -OCH3 is 1. The number of hydrogen-bond acceptors (Lipinski definition) is 9. The molecule has 0 aliphatic heterocycles. The van der Waals surface area contributed by atoms with E-state index >= 15 is 0 Å². The van der Waals surface area contributed by atoms with Crippen LogP contribution >= 0.6 is 0 Å². The van der Waals surface area contributed by atoms with Crippen molar-refractivity contribution in [3.63, 3.8) is 0 Å². The smallest absolute Gasteiger partial charge is 0.343 e. The Kier molecular flexibility index (Phi) is 11.1. The summed E-state index contributed by atoms with van der Waals surface area (Å²) in [5, 5.41) is 22.5. The van der Waals surface area contributed by atoms with E-state index in [0.29, 0.717) is 12.2 Å². The first-order chi connectivity index (χ1) is 21.8. The van der Waals surface area contributed by atoms with Crippen LogP contribution in [0.1, 0.15) is 91.6 Å². The molecular formula is C36H34O9. The van der Waals surface area contributed by atoms with Gasteiger partial charge < -0.3 is 24.4 Å². The number of carbonyl (C=O) groups is 4. The second-order valence-electron chi connectivity index (χ2n) is 10.2. The Morgan fingerprint density at radius 3 is 1.87 bits per heavy atom. The van der Waals surface area contributed by atoms with Gasteiger partial charge in [0.15, 0.2) is 23.1 Å². The molecule has 0 bridgehead atoms. The van der Waals surface area contributed by atoms with Crippen molar-refractivity contribution in [1.29, 1.82) is 0 Å². The van der Waals surface area contributed by atoms with E-state index in [0.717, 1.165) is 25.7 Å². The van der Waals surface area contributed by atoms with Crippen molar-refractivity contribution >= 4 is 23.5 Å². The van der Waals surface area contributed by atoms with Gasteiger partial charge in [-0.2, -0.15) is 0 Å². The minimum Gasteiger partial charge on any atom is -0.504 e. The first-order valence-electron chi connectivity index (χ1n) is 14.6. The highest BCUT2D eigenvalue weighted by molar-refractivity contribution is 6.24. The van der Waals surface area contributed by atoms with E-state index in [1.807, 2.05) is 0 Å². The topological polar surface area (TPSA) is 136 Å². The van der Waals surface area contributed by atoms with Gasteiger partial charge in [-0.15, -0.1) is 0 Å². The fourth-order valence-electron chi connectivity index (χ4n) is 4.75. The second-order valence-corrected chi connectivity index (χ2v) is 10.2. The molecule has 0 heterocycles. The average molecular weight is 611 g/mol. The van der Waals surface area contributed by atoms with Crippen molar-refractivity contribution < 1.29 is 43.6 Å². The molecule has 0 aliphatic carbocycles. The minimum absolute atomic E-state index is 0.0109. The van der Waals surface area contributed by atoms with E-state index in [-0.39, 0.29) is 23.3 Å². The van der Waals surface area contributed by atoms with Gasteiger partial charge in [-0.05, 0) is 30.7 Å². The second kappa shape index (κ2) is 15.3. The zero-order valence-electron chi connectivity index (χ0n) is 25.1. The summed E-state index contributed by atoms with van der Waals surface area (Å²) in [4.78, 5) is 55.1. The van der Waals surface area contributed by atoms with E-state index in [1.54, 1.807) is 42.5 Å². The molecule has 0 aromatic heterocycles. The van der Waals surface area contributed by atoms with E-state index in [4.69, 9.17) is 14.2 Å². The van der Waals surface area contributed by atoms with Crippen LogP contribution in [-0.2, 0) is 4.74 Å². The maximum atomic E-state index is 14.2. The summed E-state index contributed by atoms with van der Waals surface area (Å²) in [6.45, 7) is 2.04. The van der Waals surface area contributed by atoms with Gasteiger partial charge in [0.25, 0.3) is 0 Å². The highest BCUT2D eigenvalue weighted by Crippen LogP contribution is 2.46. The van der Waals surface area contributed by atoms with E-state index in [9.17, 15) is 29.4 Å². The van der Waals surface area contributed by atoms with Crippen LogP contribution in [0, 0.1) is 0 Å². The Balaban J connectivity index is 1.95. The number of aromatic hydroxyl groups is 2. The lowest BCUT2D eigenvalue weighted by atomic mass is 9.88. The summed E-state index contributed by atoms with van der Waals surface area (Å²) in [7, 11) is 1.41. The largest absolute Gasteiger partial charge is 0.504 e. The number of benzene rings is 4. The molecule has 232 valence electrons. The van der Waals surface area contributed by atoms with Gasteiger partial charge in [0, 0.05) is 11.1 Å². The fourth-order valence-corrected chi connectivity index (χ4v) is 4.75. The molecule has 2 N–H and O–H groups in total. The average Bonchev–Trinajstić information content (AvgIpc) is 3.08. The van der Waals surface area contributed by atoms with Crippen molar-refractivity contribution in [2.45, 2.75) is 39.0 Å². The molecule has 0 atom stereocenters. The van der Waals surface area contributed by atoms with Crippen LogP contribution in [0.5, 0.6) is 23.0 Å². The zero-order valence-corrected chi connectivity index (χ0v) is 25.1. The molecule has 0 unspecified atom stereocenters. The van der Waals surface area contributed by atoms with Crippen LogP contribution in [0.2, 0.25) is 0 Å². The van der Waals surface area contributed by atoms with Gasteiger partial charge in [0.2, 0.25) is 5.75 Å². The number of carbonyl (C=O) groups excluding carboxylic acids is 4. The van der Waals surface area contributed by atoms with Crippen molar-refractivity contribution in [3.05, 3.63) is 118 Å². The number of ketones is 2. The molecule has 0 amide bonds. The van der Waals surface area contributed by atoms with Crippen LogP contribution in [0.3, 0.4) is 0 Å². The molecule has 0 radical (unpaired) electrons. The van der Waals surface area contributed by atoms with Crippen molar-refractivity contribution in [1.82, 2.24) is 0 Å². The van der Waals surface area contributed by atoms with Gasteiger partial charge in [-0.25, -0.2) is 9.59 Å². The summed E-state index contributed by atoms with van der Waals surface area (Å²) in [6.07, 6.45) is 4.29. The monoisotopic (exact) mass is 610 g/mol. The molecule has 9 nitrogen and oxygen atoms in total. The number of unbranched alkanes of at least 4 members (excludes halogenated alkanes) is 4. The minimum atomic E-state index is -1.11. The molecule has 0 fully saturated rings. The van der Waals surface area contributed by atoms with Gasteiger partial charge in [-0.3, -0.25) is 9.59 Å². The third-order valence-corrected chi connectivity index (χ3v) is 7.11. The maximum Gasteiger partial charge on any atom is 0.343 e. The number of ether oxygens (including phenoxy) is 3. The molecule has 4 aromatic rings. The Labute approximate surface area is 261 Å². The molecule has 0 saturated heterocycles. The quantitative estimate of drug-likeness (QED) is 0.0513. The Morgan fingerprint density at radius 1 is 0.622 bits per heavy atom. The van der Waals surface area contributed by atoms with Gasteiger partial charge in [0.1, 0.15) is 5.75 Å².